The van der Waals surface area contributed by atoms with Crippen LogP contribution in [0.25, 0.3) is 0 Å². The lowest BCUT2D eigenvalue weighted by molar-refractivity contribution is -0.234. The van der Waals surface area contributed by atoms with Gasteiger partial charge in [0.25, 0.3) is 0 Å². The maximum Gasteiger partial charge on any atom is 0.215 e. The van der Waals surface area contributed by atoms with Gasteiger partial charge in [0.2, 0.25) is 17.6 Å². The third-order valence-corrected chi connectivity index (χ3v) is 3.21. The second kappa shape index (κ2) is 7.45. The first-order chi connectivity index (χ1) is 10.6. The van der Waals surface area contributed by atoms with Crippen LogP contribution in [0.5, 0.6) is 0 Å². The van der Waals surface area contributed by atoms with Gasteiger partial charge in [0.1, 0.15) is 6.26 Å². The summed E-state index contributed by atoms with van der Waals surface area (Å²) in [5.41, 5.74) is 0. The third kappa shape index (κ3) is 3.88. The number of hydrogen-bond acceptors (Lipinski definition) is 8. The summed E-state index contributed by atoms with van der Waals surface area (Å²) >= 11 is 5.76. The number of nitrogens with zero attached hydrogens (tertiary/aromatic N) is 4. The van der Waals surface area contributed by atoms with Crippen molar-refractivity contribution in [1.82, 2.24) is 15.2 Å². The van der Waals surface area contributed by atoms with Crippen molar-refractivity contribution in [3.63, 3.8) is 0 Å². The Morgan fingerprint density at radius 1 is 1.50 bits per heavy atom. The summed E-state index contributed by atoms with van der Waals surface area (Å²) in [7, 11) is 0. The highest BCUT2D eigenvalue weighted by atomic mass is 35.5. The van der Waals surface area contributed by atoms with Crippen molar-refractivity contribution < 1.29 is 13.9 Å². The number of ether oxygens (including phenoxy) is 2. The topological polar surface area (TPSA) is 95.9 Å². The molecule has 120 valence electrons. The van der Waals surface area contributed by atoms with Crippen LogP contribution in [0.15, 0.2) is 15.7 Å². The maximum atomic E-state index is 8.85. The number of nitriles is 1. The molecule has 0 fully saturated rings. The summed E-state index contributed by atoms with van der Waals surface area (Å²) < 4.78 is 16.8. The van der Waals surface area contributed by atoms with E-state index >= 15 is 0 Å². The van der Waals surface area contributed by atoms with Crippen molar-refractivity contribution in [1.29, 1.82) is 5.26 Å². The van der Waals surface area contributed by atoms with Gasteiger partial charge in [-0.3, -0.25) is 5.32 Å². The van der Waals surface area contributed by atoms with E-state index in [1.165, 1.54) is 6.26 Å². The SMILES string of the molecule is CCOC1(OCC)CN=C(NC#N)N(Cc2nc(Cl)co2)C1. The Balaban J connectivity index is 2.20. The summed E-state index contributed by atoms with van der Waals surface area (Å²) in [5.74, 6) is -0.00588. The molecule has 0 bridgehead atoms. The van der Waals surface area contributed by atoms with E-state index in [2.05, 4.69) is 15.3 Å². The molecule has 2 heterocycles. The van der Waals surface area contributed by atoms with Crippen molar-refractivity contribution in [2.45, 2.75) is 26.2 Å². The summed E-state index contributed by atoms with van der Waals surface area (Å²) in [6.07, 6.45) is 3.22. The molecule has 0 saturated heterocycles. The molecule has 22 heavy (non-hydrogen) atoms. The zero-order valence-electron chi connectivity index (χ0n) is 12.5. The molecular formula is C13H18ClN5O3. The Bertz CT molecular complexity index is 562. The molecule has 1 N–H and O–H groups in total. The first-order valence-corrected chi connectivity index (χ1v) is 7.32. The smallest absolute Gasteiger partial charge is 0.215 e. The molecular weight excluding hydrogens is 310 g/mol. The van der Waals surface area contributed by atoms with Crippen molar-refractivity contribution in [3.8, 4) is 6.19 Å². The lowest BCUT2D eigenvalue weighted by Gasteiger charge is -2.40. The minimum absolute atomic E-state index is 0.277. The summed E-state index contributed by atoms with van der Waals surface area (Å²) in [4.78, 5) is 10.2. The fourth-order valence-corrected chi connectivity index (χ4v) is 2.42. The molecule has 0 spiro atoms. The minimum atomic E-state index is -0.847. The van der Waals surface area contributed by atoms with Gasteiger partial charge in [0.05, 0.1) is 19.6 Å². The molecule has 1 aliphatic rings. The largest absolute Gasteiger partial charge is 0.445 e. The molecule has 0 atom stereocenters. The Kier molecular flexibility index (Phi) is 5.60. The number of guanidine groups is 1. The van der Waals surface area contributed by atoms with Gasteiger partial charge in [-0.1, -0.05) is 11.6 Å². The van der Waals surface area contributed by atoms with E-state index in [9.17, 15) is 0 Å². The predicted octanol–water partition coefficient (Wildman–Crippen LogP) is 1.34. The molecule has 1 aliphatic heterocycles. The zero-order valence-corrected chi connectivity index (χ0v) is 13.3. The second-order valence-electron chi connectivity index (χ2n) is 4.57. The van der Waals surface area contributed by atoms with E-state index in [4.69, 9.17) is 30.8 Å². The Morgan fingerprint density at radius 3 is 2.77 bits per heavy atom. The maximum absolute atomic E-state index is 8.85. The van der Waals surface area contributed by atoms with E-state index in [0.717, 1.165) is 0 Å². The van der Waals surface area contributed by atoms with Crippen molar-refractivity contribution in [2.75, 3.05) is 26.3 Å². The highest BCUT2D eigenvalue weighted by molar-refractivity contribution is 6.29. The number of halogens is 1. The van der Waals surface area contributed by atoms with Gasteiger partial charge in [-0.25, -0.2) is 9.98 Å². The summed E-state index contributed by atoms with van der Waals surface area (Å²) in [6, 6.07) is 0. The highest BCUT2D eigenvalue weighted by Gasteiger charge is 2.39. The van der Waals surface area contributed by atoms with Gasteiger partial charge in [0, 0.05) is 13.2 Å². The number of nitrogens with one attached hydrogen (secondary N) is 1. The van der Waals surface area contributed by atoms with Gasteiger partial charge in [0.15, 0.2) is 11.3 Å². The Labute approximate surface area is 133 Å². The Morgan fingerprint density at radius 2 is 2.23 bits per heavy atom. The van der Waals surface area contributed by atoms with Gasteiger partial charge in [-0.15, -0.1) is 0 Å². The molecule has 0 aliphatic carbocycles. The first-order valence-electron chi connectivity index (χ1n) is 6.94. The average molecular weight is 328 g/mol. The van der Waals surface area contributed by atoms with Crippen molar-refractivity contribution in [2.24, 2.45) is 4.99 Å². The highest BCUT2D eigenvalue weighted by Crippen LogP contribution is 2.22. The molecule has 0 amide bonds. The number of hydrogen-bond donors (Lipinski definition) is 1. The van der Waals surface area contributed by atoms with E-state index in [0.29, 0.717) is 44.7 Å². The predicted molar refractivity (Wildman–Crippen MR) is 79.0 cm³/mol. The molecule has 2 rings (SSSR count). The molecule has 0 unspecified atom stereocenters. The van der Waals surface area contributed by atoms with Crippen LogP contribution in [0.3, 0.4) is 0 Å². The number of oxazole rings is 1. The van der Waals surface area contributed by atoms with Crippen LogP contribution in [0.2, 0.25) is 5.15 Å². The molecule has 9 heteroatoms. The van der Waals surface area contributed by atoms with Crippen LogP contribution in [-0.2, 0) is 16.0 Å². The van der Waals surface area contributed by atoms with Crippen LogP contribution in [0.1, 0.15) is 19.7 Å². The summed E-state index contributed by atoms with van der Waals surface area (Å²) in [6.45, 7) is 5.77. The normalized spacial score (nSPS) is 17.0. The first kappa shape index (κ1) is 16.5. The van der Waals surface area contributed by atoms with Crippen molar-refractivity contribution in [3.05, 3.63) is 17.3 Å². The second-order valence-corrected chi connectivity index (χ2v) is 4.96. The number of rotatable bonds is 6. The van der Waals surface area contributed by atoms with E-state index in [1.54, 1.807) is 4.90 Å². The molecule has 1 aromatic rings. The molecule has 0 saturated carbocycles. The van der Waals surface area contributed by atoms with Crippen LogP contribution in [-0.4, -0.2) is 47.9 Å². The minimum Gasteiger partial charge on any atom is -0.445 e. The monoisotopic (exact) mass is 327 g/mol. The van der Waals surface area contributed by atoms with Crippen LogP contribution < -0.4 is 5.32 Å². The quantitative estimate of drug-likeness (QED) is 0.478. The molecule has 0 aromatic carbocycles. The molecule has 1 aromatic heterocycles. The van der Waals surface area contributed by atoms with Crippen LogP contribution in [0.4, 0.5) is 0 Å². The van der Waals surface area contributed by atoms with E-state index in [-0.39, 0.29) is 5.15 Å². The number of aromatic nitrogens is 1. The third-order valence-electron chi connectivity index (χ3n) is 3.03. The Hall–Kier alpha value is -1.82. The standard InChI is InChI=1S/C13H18ClN5O3/c1-3-21-13(22-4-2)7-16-12(17-9-15)19(8-13)5-11-18-10(14)6-20-11/h6H,3-5,7-8H2,1-2H3,(H,16,17). The summed E-state index contributed by atoms with van der Waals surface area (Å²) in [5, 5.41) is 11.7. The lowest BCUT2D eigenvalue weighted by Crippen LogP contribution is -2.57. The average Bonchev–Trinajstić information content (AvgIpc) is 2.88. The van der Waals surface area contributed by atoms with E-state index in [1.807, 2.05) is 20.0 Å². The van der Waals surface area contributed by atoms with Crippen LogP contribution in [0, 0.1) is 11.5 Å². The van der Waals surface area contributed by atoms with Crippen molar-refractivity contribution >= 4 is 17.6 Å². The van der Waals surface area contributed by atoms with E-state index < -0.39 is 5.79 Å². The zero-order chi connectivity index (χ0) is 16.0. The molecule has 8 nitrogen and oxygen atoms in total. The lowest BCUT2D eigenvalue weighted by atomic mass is 10.2. The van der Waals surface area contributed by atoms with Gasteiger partial charge >= 0.3 is 0 Å². The fourth-order valence-electron chi connectivity index (χ4n) is 2.29. The van der Waals surface area contributed by atoms with Gasteiger partial charge in [-0.2, -0.15) is 5.26 Å². The molecule has 0 radical (unpaired) electrons. The number of aliphatic imine (C=N–C) groups is 1. The van der Waals surface area contributed by atoms with Gasteiger partial charge < -0.3 is 18.8 Å². The van der Waals surface area contributed by atoms with Crippen LogP contribution >= 0.6 is 11.6 Å². The fraction of sp³-hybridized carbons (Fsp3) is 0.615. The van der Waals surface area contributed by atoms with Gasteiger partial charge in [-0.05, 0) is 13.8 Å².